The molecule has 0 aliphatic carbocycles. The Morgan fingerprint density at radius 3 is 2.64 bits per heavy atom. The SMILES string of the molecule is C#CCOc1ccc(C=NNc2ccc(C)cc2)cc1OC. The molecule has 0 atom stereocenters. The normalized spacial score (nSPS) is 10.2. The Kier molecular flexibility index (Phi) is 5.44. The molecule has 0 saturated carbocycles. The third kappa shape index (κ3) is 4.29. The molecule has 2 rings (SSSR count). The van der Waals surface area contributed by atoms with E-state index < -0.39 is 0 Å². The zero-order chi connectivity index (χ0) is 15.8. The molecule has 0 heterocycles. The number of benzene rings is 2. The minimum Gasteiger partial charge on any atom is -0.493 e. The third-order valence-corrected chi connectivity index (χ3v) is 2.96. The number of nitrogens with zero attached hydrogens (tertiary/aromatic N) is 1. The van der Waals surface area contributed by atoms with E-state index in [0.29, 0.717) is 11.5 Å². The molecule has 0 amide bonds. The molecule has 2 aromatic rings. The van der Waals surface area contributed by atoms with Gasteiger partial charge in [-0.25, -0.2) is 0 Å². The van der Waals surface area contributed by atoms with E-state index in [4.69, 9.17) is 15.9 Å². The van der Waals surface area contributed by atoms with Gasteiger partial charge in [0.25, 0.3) is 0 Å². The maximum atomic E-state index is 5.40. The number of terminal acetylenes is 1. The van der Waals surface area contributed by atoms with E-state index in [1.165, 1.54) is 5.56 Å². The van der Waals surface area contributed by atoms with Gasteiger partial charge in [0.15, 0.2) is 11.5 Å². The van der Waals surface area contributed by atoms with Crippen molar-refractivity contribution in [2.24, 2.45) is 5.10 Å². The predicted octanol–water partition coefficient (Wildman–Crippen LogP) is 3.46. The van der Waals surface area contributed by atoms with Crippen molar-refractivity contribution in [3.63, 3.8) is 0 Å². The molecule has 0 spiro atoms. The summed E-state index contributed by atoms with van der Waals surface area (Å²) in [6, 6.07) is 13.5. The fraction of sp³-hybridized carbons (Fsp3) is 0.167. The monoisotopic (exact) mass is 294 g/mol. The van der Waals surface area contributed by atoms with E-state index in [0.717, 1.165) is 11.3 Å². The van der Waals surface area contributed by atoms with Gasteiger partial charge in [-0.1, -0.05) is 23.6 Å². The summed E-state index contributed by atoms with van der Waals surface area (Å²) >= 11 is 0. The topological polar surface area (TPSA) is 42.8 Å². The summed E-state index contributed by atoms with van der Waals surface area (Å²) in [7, 11) is 1.59. The van der Waals surface area contributed by atoms with Crippen LogP contribution in [0, 0.1) is 19.3 Å². The van der Waals surface area contributed by atoms with Crippen LogP contribution in [0.1, 0.15) is 11.1 Å². The molecule has 22 heavy (non-hydrogen) atoms. The molecule has 4 nitrogen and oxygen atoms in total. The second-order valence-electron chi connectivity index (χ2n) is 4.64. The van der Waals surface area contributed by atoms with Gasteiger partial charge in [-0.15, -0.1) is 6.42 Å². The first kappa shape index (κ1) is 15.5. The number of hydrogen-bond acceptors (Lipinski definition) is 4. The average Bonchev–Trinajstić information content (AvgIpc) is 2.55. The first-order valence-electron chi connectivity index (χ1n) is 6.83. The van der Waals surface area contributed by atoms with Gasteiger partial charge in [-0.2, -0.15) is 5.10 Å². The number of rotatable bonds is 6. The first-order chi connectivity index (χ1) is 10.7. The van der Waals surface area contributed by atoms with E-state index in [-0.39, 0.29) is 6.61 Å². The molecule has 0 aromatic heterocycles. The van der Waals surface area contributed by atoms with Crippen molar-refractivity contribution in [2.75, 3.05) is 19.1 Å². The van der Waals surface area contributed by atoms with Crippen LogP contribution in [0.15, 0.2) is 47.6 Å². The van der Waals surface area contributed by atoms with Crippen molar-refractivity contribution in [3.05, 3.63) is 53.6 Å². The second kappa shape index (κ2) is 7.75. The average molecular weight is 294 g/mol. The summed E-state index contributed by atoms with van der Waals surface area (Å²) in [4.78, 5) is 0. The summed E-state index contributed by atoms with van der Waals surface area (Å²) in [5.74, 6) is 3.66. The van der Waals surface area contributed by atoms with Gasteiger partial charge >= 0.3 is 0 Å². The molecule has 0 fully saturated rings. The van der Waals surface area contributed by atoms with Gasteiger partial charge in [-0.3, -0.25) is 5.43 Å². The van der Waals surface area contributed by atoms with Gasteiger partial charge in [0.2, 0.25) is 0 Å². The molecule has 0 saturated heterocycles. The van der Waals surface area contributed by atoms with E-state index in [2.05, 4.69) is 16.4 Å². The molecule has 112 valence electrons. The Bertz CT molecular complexity index is 685. The molecule has 0 aliphatic rings. The number of ether oxygens (including phenoxy) is 2. The number of hydrazone groups is 1. The van der Waals surface area contributed by atoms with Gasteiger partial charge in [0.05, 0.1) is 19.0 Å². The van der Waals surface area contributed by atoms with Crippen LogP contribution in [0.25, 0.3) is 0 Å². The Hall–Kier alpha value is -2.93. The summed E-state index contributed by atoms with van der Waals surface area (Å²) in [5.41, 5.74) is 6.01. The summed E-state index contributed by atoms with van der Waals surface area (Å²) < 4.78 is 10.7. The van der Waals surface area contributed by atoms with Crippen molar-refractivity contribution >= 4 is 11.9 Å². The third-order valence-electron chi connectivity index (χ3n) is 2.96. The van der Waals surface area contributed by atoms with Crippen LogP contribution in [0.2, 0.25) is 0 Å². The summed E-state index contributed by atoms with van der Waals surface area (Å²) in [6.07, 6.45) is 6.90. The lowest BCUT2D eigenvalue weighted by Gasteiger charge is -2.09. The van der Waals surface area contributed by atoms with Crippen LogP contribution >= 0.6 is 0 Å². The number of aryl methyl sites for hydroxylation is 1. The molecular formula is C18H18N2O2. The zero-order valence-electron chi connectivity index (χ0n) is 12.7. The molecule has 2 aromatic carbocycles. The fourth-order valence-corrected chi connectivity index (χ4v) is 1.81. The van der Waals surface area contributed by atoms with Crippen molar-refractivity contribution in [3.8, 4) is 23.8 Å². The fourth-order valence-electron chi connectivity index (χ4n) is 1.81. The molecule has 0 bridgehead atoms. The largest absolute Gasteiger partial charge is 0.493 e. The number of nitrogens with one attached hydrogen (secondary N) is 1. The Morgan fingerprint density at radius 1 is 1.18 bits per heavy atom. The van der Waals surface area contributed by atoms with Gasteiger partial charge in [-0.05, 0) is 42.8 Å². The Labute approximate surface area is 130 Å². The standard InChI is InChI=1S/C18H18N2O2/c1-4-11-22-17-10-7-15(12-18(17)21-3)13-19-20-16-8-5-14(2)6-9-16/h1,5-10,12-13,20H,11H2,2-3H3. The lowest BCUT2D eigenvalue weighted by Crippen LogP contribution is -1.98. The van der Waals surface area contributed by atoms with E-state index in [9.17, 15) is 0 Å². The number of hydrogen-bond donors (Lipinski definition) is 1. The Morgan fingerprint density at radius 2 is 1.95 bits per heavy atom. The highest BCUT2D eigenvalue weighted by atomic mass is 16.5. The molecule has 0 unspecified atom stereocenters. The molecule has 4 heteroatoms. The van der Waals surface area contributed by atoms with Crippen LogP contribution in [-0.2, 0) is 0 Å². The predicted molar refractivity (Wildman–Crippen MR) is 89.7 cm³/mol. The van der Waals surface area contributed by atoms with Crippen LogP contribution in [0.4, 0.5) is 5.69 Å². The lowest BCUT2D eigenvalue weighted by atomic mass is 10.2. The molecule has 0 aliphatic heterocycles. The summed E-state index contributed by atoms with van der Waals surface area (Å²) in [5, 5.41) is 4.21. The van der Waals surface area contributed by atoms with Gasteiger partial charge < -0.3 is 9.47 Å². The quantitative estimate of drug-likeness (QED) is 0.504. The molecular weight excluding hydrogens is 276 g/mol. The summed E-state index contributed by atoms with van der Waals surface area (Å²) in [6.45, 7) is 2.25. The lowest BCUT2D eigenvalue weighted by molar-refractivity contribution is 0.331. The highest BCUT2D eigenvalue weighted by molar-refractivity contribution is 5.81. The van der Waals surface area contributed by atoms with Crippen LogP contribution in [0.3, 0.4) is 0 Å². The van der Waals surface area contributed by atoms with Gasteiger partial charge in [0.1, 0.15) is 6.61 Å². The number of anilines is 1. The van der Waals surface area contributed by atoms with Crippen LogP contribution < -0.4 is 14.9 Å². The zero-order valence-corrected chi connectivity index (χ0v) is 12.7. The van der Waals surface area contributed by atoms with Crippen LogP contribution in [0.5, 0.6) is 11.5 Å². The highest BCUT2D eigenvalue weighted by Crippen LogP contribution is 2.27. The first-order valence-corrected chi connectivity index (χ1v) is 6.83. The van der Waals surface area contributed by atoms with E-state index >= 15 is 0 Å². The minimum absolute atomic E-state index is 0.207. The van der Waals surface area contributed by atoms with Crippen LogP contribution in [-0.4, -0.2) is 19.9 Å². The minimum atomic E-state index is 0.207. The molecule has 0 radical (unpaired) electrons. The van der Waals surface area contributed by atoms with E-state index in [1.54, 1.807) is 13.3 Å². The maximum Gasteiger partial charge on any atom is 0.162 e. The van der Waals surface area contributed by atoms with Crippen molar-refractivity contribution in [1.82, 2.24) is 0 Å². The Balaban J connectivity index is 2.04. The van der Waals surface area contributed by atoms with Crippen molar-refractivity contribution in [2.45, 2.75) is 6.92 Å². The highest BCUT2D eigenvalue weighted by Gasteiger charge is 2.04. The molecule has 1 N–H and O–H groups in total. The number of methoxy groups -OCH3 is 1. The van der Waals surface area contributed by atoms with E-state index in [1.807, 2.05) is 49.4 Å². The van der Waals surface area contributed by atoms with Crippen molar-refractivity contribution < 1.29 is 9.47 Å². The maximum absolute atomic E-state index is 5.40. The van der Waals surface area contributed by atoms with Gasteiger partial charge in [0, 0.05) is 0 Å². The van der Waals surface area contributed by atoms with Crippen molar-refractivity contribution in [1.29, 1.82) is 0 Å². The smallest absolute Gasteiger partial charge is 0.162 e. The second-order valence-corrected chi connectivity index (χ2v) is 4.64.